The molecule has 0 fully saturated rings. The smallest absolute Gasteiger partial charge is 0.410 e. The standard InChI is InChI=1S/C11H19NO2/c1-4-10(3)14-11(13)12-7-5-9(2)6-8-12/h5,10H,4,6-8H2,1-3H3. The summed E-state index contributed by atoms with van der Waals surface area (Å²) in [6, 6.07) is 0. The maximum absolute atomic E-state index is 11.5. The van der Waals surface area contributed by atoms with Gasteiger partial charge in [0.15, 0.2) is 0 Å². The van der Waals surface area contributed by atoms with Crippen molar-refractivity contribution in [2.75, 3.05) is 13.1 Å². The average molecular weight is 197 g/mol. The second kappa shape index (κ2) is 5.03. The molecule has 0 aromatic rings. The average Bonchev–Trinajstić information content (AvgIpc) is 2.18. The highest BCUT2D eigenvalue weighted by Gasteiger charge is 2.18. The van der Waals surface area contributed by atoms with Crippen molar-refractivity contribution in [3.63, 3.8) is 0 Å². The van der Waals surface area contributed by atoms with E-state index in [4.69, 9.17) is 4.74 Å². The number of hydrogen-bond donors (Lipinski definition) is 0. The van der Waals surface area contributed by atoms with Gasteiger partial charge in [-0.2, -0.15) is 0 Å². The lowest BCUT2D eigenvalue weighted by Gasteiger charge is -2.26. The molecule has 14 heavy (non-hydrogen) atoms. The van der Waals surface area contributed by atoms with E-state index >= 15 is 0 Å². The van der Waals surface area contributed by atoms with Gasteiger partial charge in [-0.3, -0.25) is 0 Å². The lowest BCUT2D eigenvalue weighted by molar-refractivity contribution is 0.0706. The molecule has 0 aromatic heterocycles. The first-order valence-electron chi connectivity index (χ1n) is 5.24. The monoisotopic (exact) mass is 197 g/mol. The van der Waals surface area contributed by atoms with Crippen molar-refractivity contribution < 1.29 is 9.53 Å². The molecule has 3 heteroatoms. The molecule has 0 N–H and O–H groups in total. The van der Waals surface area contributed by atoms with E-state index in [9.17, 15) is 4.79 Å². The second-order valence-corrected chi connectivity index (χ2v) is 3.85. The minimum Gasteiger partial charge on any atom is -0.446 e. The summed E-state index contributed by atoms with van der Waals surface area (Å²) < 4.78 is 5.23. The Balaban J connectivity index is 2.39. The molecule has 0 aromatic carbocycles. The van der Waals surface area contributed by atoms with Crippen LogP contribution < -0.4 is 0 Å². The normalized spacial score (nSPS) is 18.8. The molecule has 0 spiro atoms. The molecular weight excluding hydrogens is 178 g/mol. The summed E-state index contributed by atoms with van der Waals surface area (Å²) in [7, 11) is 0. The van der Waals surface area contributed by atoms with Gasteiger partial charge in [0, 0.05) is 13.1 Å². The van der Waals surface area contributed by atoms with E-state index in [-0.39, 0.29) is 12.2 Å². The lowest BCUT2D eigenvalue weighted by Crippen LogP contribution is -2.36. The lowest BCUT2D eigenvalue weighted by atomic mass is 10.1. The van der Waals surface area contributed by atoms with Gasteiger partial charge in [0.1, 0.15) is 6.10 Å². The number of rotatable bonds is 2. The van der Waals surface area contributed by atoms with Crippen LogP contribution in [0.5, 0.6) is 0 Å². The predicted octanol–water partition coefficient (Wildman–Crippen LogP) is 2.57. The molecule has 0 radical (unpaired) electrons. The Labute approximate surface area is 85.7 Å². The minimum atomic E-state index is -0.178. The van der Waals surface area contributed by atoms with Crippen LogP contribution in [-0.4, -0.2) is 30.2 Å². The summed E-state index contributed by atoms with van der Waals surface area (Å²) in [5.74, 6) is 0. The summed E-state index contributed by atoms with van der Waals surface area (Å²) in [5.41, 5.74) is 1.36. The van der Waals surface area contributed by atoms with Crippen LogP contribution in [0.1, 0.15) is 33.6 Å². The molecule has 0 bridgehead atoms. The van der Waals surface area contributed by atoms with Gasteiger partial charge in [-0.25, -0.2) is 4.79 Å². The van der Waals surface area contributed by atoms with Crippen LogP contribution in [0.15, 0.2) is 11.6 Å². The Hall–Kier alpha value is -0.990. The molecule has 1 aliphatic heterocycles. The SMILES string of the molecule is CCC(C)OC(=O)N1CC=C(C)CC1. The van der Waals surface area contributed by atoms with Gasteiger partial charge in [-0.15, -0.1) is 0 Å². The fraction of sp³-hybridized carbons (Fsp3) is 0.727. The number of carbonyl (C=O) groups is 1. The molecule has 1 rings (SSSR count). The van der Waals surface area contributed by atoms with E-state index < -0.39 is 0 Å². The first-order chi connectivity index (χ1) is 6.63. The van der Waals surface area contributed by atoms with Crippen molar-refractivity contribution in [2.45, 2.75) is 39.7 Å². The minimum absolute atomic E-state index is 0.0227. The van der Waals surface area contributed by atoms with Crippen molar-refractivity contribution in [1.82, 2.24) is 4.90 Å². The maximum atomic E-state index is 11.5. The number of nitrogens with zero attached hydrogens (tertiary/aromatic N) is 1. The molecule has 3 nitrogen and oxygen atoms in total. The van der Waals surface area contributed by atoms with E-state index in [2.05, 4.69) is 13.0 Å². The Morgan fingerprint density at radius 1 is 1.71 bits per heavy atom. The van der Waals surface area contributed by atoms with Crippen molar-refractivity contribution >= 4 is 6.09 Å². The summed E-state index contributed by atoms with van der Waals surface area (Å²) in [6.45, 7) is 7.51. The van der Waals surface area contributed by atoms with Gasteiger partial charge >= 0.3 is 6.09 Å². The highest BCUT2D eigenvalue weighted by atomic mass is 16.6. The first-order valence-corrected chi connectivity index (χ1v) is 5.24. The molecular formula is C11H19NO2. The number of carbonyl (C=O) groups excluding carboxylic acids is 1. The fourth-order valence-electron chi connectivity index (χ4n) is 1.27. The Bertz CT molecular complexity index is 235. The van der Waals surface area contributed by atoms with Crippen LogP contribution in [0.4, 0.5) is 4.79 Å². The molecule has 1 unspecified atom stereocenters. The van der Waals surface area contributed by atoms with Crippen molar-refractivity contribution in [2.24, 2.45) is 0 Å². The van der Waals surface area contributed by atoms with Gasteiger partial charge in [0.2, 0.25) is 0 Å². The van der Waals surface area contributed by atoms with Crippen LogP contribution in [-0.2, 0) is 4.74 Å². The quantitative estimate of drug-likeness (QED) is 0.637. The van der Waals surface area contributed by atoms with E-state index in [1.54, 1.807) is 4.90 Å². The van der Waals surface area contributed by atoms with Gasteiger partial charge in [0.25, 0.3) is 0 Å². The zero-order chi connectivity index (χ0) is 10.6. The van der Waals surface area contributed by atoms with Crippen molar-refractivity contribution in [1.29, 1.82) is 0 Å². The molecule has 80 valence electrons. The summed E-state index contributed by atoms with van der Waals surface area (Å²) >= 11 is 0. The molecule has 1 aliphatic rings. The molecule has 1 heterocycles. The van der Waals surface area contributed by atoms with E-state index in [1.807, 2.05) is 13.8 Å². The van der Waals surface area contributed by atoms with Gasteiger partial charge in [0.05, 0.1) is 0 Å². The molecule has 1 amide bonds. The largest absolute Gasteiger partial charge is 0.446 e. The topological polar surface area (TPSA) is 29.5 Å². The maximum Gasteiger partial charge on any atom is 0.410 e. The first kappa shape index (κ1) is 11.1. The summed E-state index contributed by atoms with van der Waals surface area (Å²) in [6.07, 6.45) is 3.77. The van der Waals surface area contributed by atoms with E-state index in [0.717, 1.165) is 19.4 Å². The molecule has 0 saturated heterocycles. The predicted molar refractivity (Wildman–Crippen MR) is 56.2 cm³/mol. The highest BCUT2D eigenvalue weighted by Crippen LogP contribution is 2.11. The second-order valence-electron chi connectivity index (χ2n) is 3.85. The highest BCUT2D eigenvalue weighted by molar-refractivity contribution is 5.68. The zero-order valence-electron chi connectivity index (χ0n) is 9.25. The van der Waals surface area contributed by atoms with Crippen LogP contribution in [0.3, 0.4) is 0 Å². The van der Waals surface area contributed by atoms with Gasteiger partial charge in [-0.05, 0) is 26.7 Å². The van der Waals surface area contributed by atoms with Crippen molar-refractivity contribution in [3.8, 4) is 0 Å². The van der Waals surface area contributed by atoms with Crippen LogP contribution in [0.25, 0.3) is 0 Å². The summed E-state index contributed by atoms with van der Waals surface area (Å²) in [5, 5.41) is 0. The molecule has 0 saturated carbocycles. The van der Waals surface area contributed by atoms with Gasteiger partial charge < -0.3 is 9.64 Å². The molecule has 1 atom stereocenters. The van der Waals surface area contributed by atoms with Crippen molar-refractivity contribution in [3.05, 3.63) is 11.6 Å². The third kappa shape index (κ3) is 3.05. The fourth-order valence-corrected chi connectivity index (χ4v) is 1.27. The third-order valence-electron chi connectivity index (χ3n) is 2.57. The van der Waals surface area contributed by atoms with E-state index in [0.29, 0.717) is 6.54 Å². The van der Waals surface area contributed by atoms with Crippen LogP contribution in [0.2, 0.25) is 0 Å². The van der Waals surface area contributed by atoms with E-state index in [1.165, 1.54) is 5.57 Å². The zero-order valence-corrected chi connectivity index (χ0v) is 9.25. The summed E-state index contributed by atoms with van der Waals surface area (Å²) in [4.78, 5) is 13.3. The van der Waals surface area contributed by atoms with Gasteiger partial charge in [-0.1, -0.05) is 18.6 Å². The number of amides is 1. The Morgan fingerprint density at radius 2 is 2.43 bits per heavy atom. The van der Waals surface area contributed by atoms with Crippen LogP contribution >= 0.6 is 0 Å². The number of hydrogen-bond acceptors (Lipinski definition) is 2. The van der Waals surface area contributed by atoms with Crippen LogP contribution in [0, 0.1) is 0 Å². The Kier molecular flexibility index (Phi) is 3.98. The Morgan fingerprint density at radius 3 is 2.93 bits per heavy atom. The third-order valence-corrected chi connectivity index (χ3v) is 2.57. The number of ether oxygens (including phenoxy) is 1. The molecule has 0 aliphatic carbocycles.